The number of aromatic amines is 1. The molecule has 0 unspecified atom stereocenters. The summed E-state index contributed by atoms with van der Waals surface area (Å²) in [5.41, 5.74) is 4.62. The van der Waals surface area contributed by atoms with Crippen LogP contribution in [-0.4, -0.2) is 31.6 Å². The summed E-state index contributed by atoms with van der Waals surface area (Å²) in [6, 6.07) is 4.07. The van der Waals surface area contributed by atoms with Gasteiger partial charge >= 0.3 is 5.97 Å². The Morgan fingerprint density at radius 2 is 2.06 bits per heavy atom. The van der Waals surface area contributed by atoms with Crippen molar-refractivity contribution in [1.29, 1.82) is 0 Å². The second-order valence-electron chi connectivity index (χ2n) is 9.46. The van der Waals surface area contributed by atoms with Crippen LogP contribution >= 0.6 is 11.3 Å². The number of aromatic nitrogens is 3. The van der Waals surface area contributed by atoms with Gasteiger partial charge in [0.2, 0.25) is 0 Å². The summed E-state index contributed by atoms with van der Waals surface area (Å²) >= 11 is 1.74. The number of nitrogens with one attached hydrogen (secondary N) is 1. The summed E-state index contributed by atoms with van der Waals surface area (Å²) in [7, 11) is 0. The van der Waals surface area contributed by atoms with Gasteiger partial charge in [0.1, 0.15) is 10.5 Å². The number of carboxylic acid groups (broad SMARTS) is 1. The fraction of sp³-hybridized carbons (Fsp3) is 0.400. The molecule has 4 heterocycles. The SMILES string of the molecule is Cc1nc2sc3c(c2c(-c2cnc4[nH]ccc4c2)c1[C@H](OC(C)(C)C)C(=O)O)CCCC3. The molecule has 1 aliphatic carbocycles. The molecular formula is C25H27N3O3S. The molecule has 0 saturated carbocycles. The lowest BCUT2D eigenvalue weighted by Gasteiger charge is -2.28. The first-order chi connectivity index (χ1) is 15.2. The average molecular weight is 450 g/mol. The molecule has 0 amide bonds. The molecule has 5 rings (SSSR count). The first-order valence-corrected chi connectivity index (χ1v) is 11.8. The number of hydrogen-bond acceptors (Lipinski definition) is 5. The second-order valence-corrected chi connectivity index (χ2v) is 10.5. The Bertz CT molecular complexity index is 1350. The number of carbonyl (C=O) groups is 1. The molecule has 0 aromatic carbocycles. The summed E-state index contributed by atoms with van der Waals surface area (Å²) in [4.78, 5) is 27.5. The van der Waals surface area contributed by atoms with E-state index < -0.39 is 17.7 Å². The van der Waals surface area contributed by atoms with Gasteiger partial charge in [-0.2, -0.15) is 0 Å². The zero-order valence-electron chi connectivity index (χ0n) is 18.8. The summed E-state index contributed by atoms with van der Waals surface area (Å²) < 4.78 is 6.11. The molecule has 166 valence electrons. The molecule has 2 N–H and O–H groups in total. The van der Waals surface area contributed by atoms with Crippen LogP contribution in [0.3, 0.4) is 0 Å². The molecule has 1 aliphatic rings. The van der Waals surface area contributed by atoms with E-state index in [1.54, 1.807) is 11.3 Å². The number of rotatable bonds is 4. The van der Waals surface area contributed by atoms with Crippen LogP contribution in [0.2, 0.25) is 0 Å². The van der Waals surface area contributed by atoms with Crippen LogP contribution in [0.15, 0.2) is 24.5 Å². The van der Waals surface area contributed by atoms with E-state index in [9.17, 15) is 9.90 Å². The largest absolute Gasteiger partial charge is 0.479 e. The summed E-state index contributed by atoms with van der Waals surface area (Å²) in [6.07, 6.45) is 6.94. The molecule has 4 aromatic heterocycles. The monoisotopic (exact) mass is 449 g/mol. The lowest BCUT2D eigenvalue weighted by molar-refractivity contribution is -0.160. The minimum Gasteiger partial charge on any atom is -0.479 e. The number of fused-ring (bicyclic) bond motifs is 4. The second kappa shape index (κ2) is 7.67. The molecule has 0 spiro atoms. The van der Waals surface area contributed by atoms with Crippen LogP contribution in [0.1, 0.15) is 61.4 Å². The molecule has 32 heavy (non-hydrogen) atoms. The number of aliphatic carboxylic acids is 1. The van der Waals surface area contributed by atoms with E-state index >= 15 is 0 Å². The van der Waals surface area contributed by atoms with Crippen molar-refractivity contribution in [2.75, 3.05) is 0 Å². The standard InChI is InChI=1S/C25H27N3O3S/c1-13-18(21(24(29)30)31-25(2,3)4)19(15-11-14-9-10-26-22(14)27-12-15)20-16-7-5-6-8-17(16)32-23(20)28-13/h9-12,21H,5-8H2,1-4H3,(H,26,27)(H,29,30)/t21-/m0/s1. The van der Waals surface area contributed by atoms with Gasteiger partial charge in [0.05, 0.1) is 5.60 Å². The Kier molecular flexibility index (Phi) is 5.06. The van der Waals surface area contributed by atoms with Crippen molar-refractivity contribution in [2.24, 2.45) is 0 Å². The van der Waals surface area contributed by atoms with Crippen LogP contribution in [0.25, 0.3) is 32.4 Å². The van der Waals surface area contributed by atoms with Gasteiger partial charge in [0.15, 0.2) is 6.10 Å². The Hall–Kier alpha value is -2.77. The third-order valence-electron chi connectivity index (χ3n) is 5.98. The molecule has 6 nitrogen and oxygen atoms in total. The number of carboxylic acids is 1. The highest BCUT2D eigenvalue weighted by Crippen LogP contribution is 2.45. The van der Waals surface area contributed by atoms with Gasteiger partial charge in [-0.25, -0.2) is 14.8 Å². The predicted octanol–water partition coefficient (Wildman–Crippen LogP) is 5.97. The van der Waals surface area contributed by atoms with E-state index in [0.29, 0.717) is 11.3 Å². The molecule has 0 aliphatic heterocycles. The third kappa shape index (κ3) is 3.59. The molecule has 0 saturated heterocycles. The van der Waals surface area contributed by atoms with E-state index in [-0.39, 0.29) is 0 Å². The van der Waals surface area contributed by atoms with E-state index in [2.05, 4.69) is 16.0 Å². The van der Waals surface area contributed by atoms with Gasteiger partial charge in [-0.05, 0) is 71.1 Å². The van der Waals surface area contributed by atoms with E-state index in [0.717, 1.165) is 51.6 Å². The summed E-state index contributed by atoms with van der Waals surface area (Å²) in [5, 5.41) is 12.3. The number of aryl methyl sites for hydroxylation is 3. The van der Waals surface area contributed by atoms with Crippen LogP contribution in [0, 0.1) is 6.92 Å². The van der Waals surface area contributed by atoms with E-state index in [1.165, 1.54) is 16.9 Å². The van der Waals surface area contributed by atoms with Crippen molar-refractivity contribution in [2.45, 2.75) is 65.1 Å². The Labute approximate surface area is 190 Å². The Balaban J connectivity index is 1.87. The van der Waals surface area contributed by atoms with Gasteiger partial charge in [0, 0.05) is 50.4 Å². The molecular weight excluding hydrogens is 422 g/mol. The minimum atomic E-state index is -1.12. The van der Waals surface area contributed by atoms with Gasteiger partial charge in [0.25, 0.3) is 0 Å². The normalized spacial score (nSPS) is 15.2. The molecule has 4 aromatic rings. The van der Waals surface area contributed by atoms with Crippen molar-refractivity contribution in [3.8, 4) is 11.1 Å². The molecule has 0 bridgehead atoms. The Morgan fingerprint density at radius 1 is 1.28 bits per heavy atom. The van der Waals surface area contributed by atoms with Gasteiger partial charge in [-0.1, -0.05) is 0 Å². The number of thiophene rings is 1. The zero-order valence-corrected chi connectivity index (χ0v) is 19.6. The topological polar surface area (TPSA) is 88.1 Å². The van der Waals surface area contributed by atoms with Gasteiger partial charge in [-0.3, -0.25) is 0 Å². The van der Waals surface area contributed by atoms with E-state index in [4.69, 9.17) is 9.72 Å². The maximum Gasteiger partial charge on any atom is 0.337 e. The third-order valence-corrected chi connectivity index (χ3v) is 7.16. The maximum atomic E-state index is 12.5. The first-order valence-electron chi connectivity index (χ1n) is 11.0. The molecule has 7 heteroatoms. The number of pyridine rings is 2. The van der Waals surface area contributed by atoms with Crippen molar-refractivity contribution < 1.29 is 14.6 Å². The number of nitrogens with zero attached hydrogens (tertiary/aromatic N) is 2. The predicted molar refractivity (Wildman–Crippen MR) is 127 cm³/mol. The van der Waals surface area contributed by atoms with E-state index in [1.807, 2.05) is 46.2 Å². The van der Waals surface area contributed by atoms with Crippen LogP contribution in [-0.2, 0) is 22.4 Å². The van der Waals surface area contributed by atoms with Crippen molar-refractivity contribution in [3.05, 3.63) is 46.2 Å². The molecule has 0 fully saturated rings. The smallest absolute Gasteiger partial charge is 0.337 e. The molecule has 0 radical (unpaired) electrons. The van der Waals surface area contributed by atoms with Crippen LogP contribution in [0.4, 0.5) is 0 Å². The van der Waals surface area contributed by atoms with Crippen molar-refractivity contribution in [3.63, 3.8) is 0 Å². The quantitative estimate of drug-likeness (QED) is 0.401. The number of H-pyrrole nitrogens is 1. The van der Waals surface area contributed by atoms with Crippen LogP contribution in [0.5, 0.6) is 0 Å². The summed E-state index contributed by atoms with van der Waals surface area (Å²) in [6.45, 7) is 7.53. The zero-order chi connectivity index (χ0) is 22.6. The lowest BCUT2D eigenvalue weighted by atomic mass is 9.88. The number of ether oxygens (including phenoxy) is 1. The lowest BCUT2D eigenvalue weighted by Crippen LogP contribution is -2.28. The Morgan fingerprint density at radius 3 is 2.81 bits per heavy atom. The van der Waals surface area contributed by atoms with Crippen molar-refractivity contribution >= 4 is 38.6 Å². The maximum absolute atomic E-state index is 12.5. The highest BCUT2D eigenvalue weighted by atomic mass is 32.1. The number of hydrogen-bond donors (Lipinski definition) is 2. The van der Waals surface area contributed by atoms with Crippen LogP contribution < -0.4 is 0 Å². The fourth-order valence-electron chi connectivity index (χ4n) is 4.70. The fourth-order valence-corrected chi connectivity index (χ4v) is 6.02. The van der Waals surface area contributed by atoms with Gasteiger partial charge < -0.3 is 14.8 Å². The minimum absolute atomic E-state index is 0.626. The molecule has 1 atom stereocenters. The average Bonchev–Trinajstić information content (AvgIpc) is 3.33. The highest BCUT2D eigenvalue weighted by molar-refractivity contribution is 7.19. The highest BCUT2D eigenvalue weighted by Gasteiger charge is 2.34. The first kappa shape index (κ1) is 21.1. The summed E-state index contributed by atoms with van der Waals surface area (Å²) in [5.74, 6) is -1.01. The van der Waals surface area contributed by atoms with Gasteiger partial charge in [-0.15, -0.1) is 11.3 Å². The van der Waals surface area contributed by atoms with Crippen molar-refractivity contribution in [1.82, 2.24) is 15.0 Å².